The molecule has 2 aliphatic heterocycles. The Morgan fingerprint density at radius 1 is 0.960 bits per heavy atom. The minimum Gasteiger partial charge on any atom is -0.350 e. The van der Waals surface area contributed by atoms with Gasteiger partial charge in [-0.15, -0.1) is 0 Å². The van der Waals surface area contributed by atoms with E-state index in [-0.39, 0.29) is 0 Å². The second-order valence-corrected chi connectivity index (χ2v) is 9.33. The van der Waals surface area contributed by atoms with Gasteiger partial charge in [0.15, 0.2) is 0 Å². The summed E-state index contributed by atoms with van der Waals surface area (Å²) in [5.74, 6) is 0.996. The van der Waals surface area contributed by atoms with Crippen molar-refractivity contribution in [2.45, 2.75) is 57.5 Å². The van der Waals surface area contributed by atoms with E-state index in [2.05, 4.69) is 14.9 Å². The summed E-state index contributed by atoms with van der Waals surface area (Å²) in [4.78, 5) is 11.1. The summed E-state index contributed by atoms with van der Waals surface area (Å²) in [6, 6.07) is 2.97. The quantitative estimate of drug-likeness (QED) is 0.792. The molecule has 0 unspecified atom stereocenters. The fourth-order valence-corrected chi connectivity index (χ4v) is 5.76. The third-order valence-corrected chi connectivity index (χ3v) is 7.56. The van der Waals surface area contributed by atoms with E-state index < -0.39 is 10.2 Å². The summed E-state index contributed by atoms with van der Waals surface area (Å²) >= 11 is 0. The lowest BCUT2D eigenvalue weighted by Gasteiger charge is -2.39. The van der Waals surface area contributed by atoms with Crippen molar-refractivity contribution >= 4 is 16.0 Å². The molecule has 1 aromatic heterocycles. The van der Waals surface area contributed by atoms with Crippen LogP contribution in [0, 0.1) is 6.92 Å². The Morgan fingerprint density at radius 3 is 2.16 bits per heavy atom. The first-order valence-electron chi connectivity index (χ1n) is 9.38. The van der Waals surface area contributed by atoms with Crippen molar-refractivity contribution in [1.82, 2.24) is 18.6 Å². The van der Waals surface area contributed by atoms with Crippen LogP contribution in [0.25, 0.3) is 0 Å². The molecule has 8 heteroatoms. The van der Waals surface area contributed by atoms with Crippen molar-refractivity contribution in [2.24, 2.45) is 0 Å². The van der Waals surface area contributed by atoms with Crippen molar-refractivity contribution in [1.29, 1.82) is 0 Å². The summed E-state index contributed by atoms with van der Waals surface area (Å²) < 4.78 is 28.8. The lowest BCUT2D eigenvalue weighted by Crippen LogP contribution is -2.51. The molecule has 0 spiro atoms. The Kier molecular flexibility index (Phi) is 4.68. The molecule has 1 aliphatic carbocycles. The van der Waals surface area contributed by atoms with Gasteiger partial charge in [0, 0.05) is 50.0 Å². The van der Waals surface area contributed by atoms with Crippen LogP contribution >= 0.6 is 0 Å². The summed E-state index contributed by atoms with van der Waals surface area (Å²) in [7, 11) is -3.26. The lowest BCUT2D eigenvalue weighted by molar-refractivity contribution is 0.288. The van der Waals surface area contributed by atoms with Gasteiger partial charge in [-0.2, -0.15) is 17.0 Å². The Morgan fingerprint density at radius 2 is 1.56 bits per heavy atom. The molecule has 3 fully saturated rings. The zero-order chi connectivity index (χ0) is 17.4. The average Bonchev–Trinajstić information content (AvgIpc) is 3.26. The smallest absolute Gasteiger partial charge is 0.281 e. The molecule has 4 rings (SSSR count). The first-order valence-corrected chi connectivity index (χ1v) is 10.8. The van der Waals surface area contributed by atoms with Crippen LogP contribution in [0.5, 0.6) is 0 Å². The molecule has 0 atom stereocenters. The van der Waals surface area contributed by atoms with Gasteiger partial charge in [-0.25, -0.2) is 9.97 Å². The molecule has 7 nitrogen and oxygen atoms in total. The van der Waals surface area contributed by atoms with E-state index in [0.717, 1.165) is 37.2 Å². The minimum atomic E-state index is -3.26. The van der Waals surface area contributed by atoms with Gasteiger partial charge in [0.2, 0.25) is 0 Å². The van der Waals surface area contributed by atoms with Crippen molar-refractivity contribution in [3.05, 3.63) is 18.1 Å². The predicted octanol–water partition coefficient (Wildman–Crippen LogP) is 1.56. The molecule has 0 aromatic carbocycles. The second kappa shape index (κ2) is 6.81. The average molecular weight is 366 g/mol. The van der Waals surface area contributed by atoms with Gasteiger partial charge in [-0.1, -0.05) is 0 Å². The maximum absolute atomic E-state index is 12.7. The number of anilines is 1. The summed E-state index contributed by atoms with van der Waals surface area (Å²) in [5.41, 5.74) is 0.977. The largest absolute Gasteiger partial charge is 0.350 e. The fraction of sp³-hybridized carbons (Fsp3) is 0.765. The number of nitrogens with zero attached hydrogens (tertiary/aromatic N) is 5. The molecular weight excluding hydrogens is 338 g/mol. The minimum absolute atomic E-state index is 0.367. The molecule has 2 saturated heterocycles. The normalized spacial score (nSPS) is 23.9. The van der Waals surface area contributed by atoms with Crippen LogP contribution in [-0.4, -0.2) is 65.3 Å². The fourth-order valence-electron chi connectivity index (χ4n) is 4.04. The molecule has 0 radical (unpaired) electrons. The molecule has 3 heterocycles. The Balaban J connectivity index is 1.45. The predicted molar refractivity (Wildman–Crippen MR) is 96.6 cm³/mol. The monoisotopic (exact) mass is 365 g/mol. The van der Waals surface area contributed by atoms with Crippen molar-refractivity contribution in [2.75, 3.05) is 31.1 Å². The Bertz CT molecular complexity index is 708. The molecule has 3 aliphatic rings. The molecule has 0 amide bonds. The highest BCUT2D eigenvalue weighted by molar-refractivity contribution is 7.86. The van der Waals surface area contributed by atoms with Gasteiger partial charge in [0.1, 0.15) is 12.1 Å². The highest BCUT2D eigenvalue weighted by Gasteiger charge is 2.39. The van der Waals surface area contributed by atoms with Gasteiger partial charge >= 0.3 is 0 Å². The van der Waals surface area contributed by atoms with Crippen LogP contribution in [0.3, 0.4) is 0 Å². The highest BCUT2D eigenvalue weighted by Crippen LogP contribution is 2.35. The molecule has 0 bridgehead atoms. The zero-order valence-electron chi connectivity index (χ0n) is 14.8. The third kappa shape index (κ3) is 3.52. The van der Waals surface area contributed by atoms with E-state index in [1.54, 1.807) is 14.9 Å². The van der Waals surface area contributed by atoms with Crippen LogP contribution < -0.4 is 4.90 Å². The van der Waals surface area contributed by atoms with Gasteiger partial charge in [0.25, 0.3) is 10.2 Å². The van der Waals surface area contributed by atoms with Gasteiger partial charge in [-0.05, 0) is 45.4 Å². The van der Waals surface area contributed by atoms with Crippen LogP contribution in [0.1, 0.15) is 44.2 Å². The highest BCUT2D eigenvalue weighted by atomic mass is 32.2. The van der Waals surface area contributed by atoms with E-state index in [9.17, 15) is 8.42 Å². The topological polar surface area (TPSA) is 69.6 Å². The van der Waals surface area contributed by atoms with Crippen molar-refractivity contribution < 1.29 is 8.42 Å². The van der Waals surface area contributed by atoms with Crippen molar-refractivity contribution in [3.8, 4) is 0 Å². The van der Waals surface area contributed by atoms with Gasteiger partial charge in [-0.3, -0.25) is 0 Å². The first-order chi connectivity index (χ1) is 12.1. The maximum atomic E-state index is 12.7. The third-order valence-electron chi connectivity index (χ3n) is 5.53. The maximum Gasteiger partial charge on any atom is 0.281 e. The van der Waals surface area contributed by atoms with Crippen LogP contribution in [0.4, 0.5) is 5.82 Å². The van der Waals surface area contributed by atoms with Crippen LogP contribution in [0.15, 0.2) is 12.4 Å². The van der Waals surface area contributed by atoms with Crippen LogP contribution in [-0.2, 0) is 10.2 Å². The number of hydrogen-bond acceptors (Lipinski definition) is 5. The lowest BCUT2D eigenvalue weighted by atomic mass is 10.0. The van der Waals surface area contributed by atoms with Gasteiger partial charge in [0.05, 0.1) is 0 Å². The summed E-state index contributed by atoms with van der Waals surface area (Å²) in [5, 5.41) is 0. The molecule has 25 heavy (non-hydrogen) atoms. The van der Waals surface area contributed by atoms with E-state index in [1.807, 2.05) is 13.0 Å². The van der Waals surface area contributed by atoms with E-state index in [4.69, 9.17) is 0 Å². The van der Waals surface area contributed by atoms with E-state index in [1.165, 1.54) is 12.8 Å². The number of rotatable bonds is 5. The van der Waals surface area contributed by atoms with E-state index >= 15 is 0 Å². The number of aromatic nitrogens is 2. The molecule has 1 saturated carbocycles. The molecule has 0 N–H and O–H groups in total. The molecule has 1 aromatic rings. The Labute approximate surface area is 150 Å². The summed E-state index contributed by atoms with van der Waals surface area (Å²) in [6.07, 6.45) is 7.74. The number of piperidine rings is 1. The zero-order valence-corrected chi connectivity index (χ0v) is 15.7. The summed E-state index contributed by atoms with van der Waals surface area (Å²) in [6.45, 7) is 4.56. The number of hydrogen-bond donors (Lipinski definition) is 0. The first kappa shape index (κ1) is 17.2. The standard InChI is InChI=1S/C17H27N5O2S/c1-14-12-17(19-13-18-14)22(15-4-5-15)16-6-10-21(11-7-16)25(23,24)20-8-2-3-9-20/h12-13,15-16H,2-11H2,1H3. The molecular formula is C17H27N5O2S. The van der Waals surface area contributed by atoms with Gasteiger partial charge < -0.3 is 4.90 Å². The van der Waals surface area contributed by atoms with Crippen LogP contribution in [0.2, 0.25) is 0 Å². The van der Waals surface area contributed by atoms with E-state index in [0.29, 0.717) is 38.3 Å². The second-order valence-electron chi connectivity index (χ2n) is 7.40. The van der Waals surface area contributed by atoms with Crippen molar-refractivity contribution in [3.63, 3.8) is 0 Å². The number of aryl methyl sites for hydroxylation is 1. The Hall–Kier alpha value is -1.25. The SMILES string of the molecule is Cc1cc(N(C2CC2)C2CCN(S(=O)(=O)N3CCCC3)CC2)ncn1. The molecule has 138 valence electrons.